The Morgan fingerprint density at radius 1 is 1.15 bits per heavy atom. The number of hydrogen-bond acceptors (Lipinski definition) is 4. The molecule has 0 spiro atoms. The number of hydrogen-bond donors (Lipinski definition) is 1. The molecule has 2 fully saturated rings. The first kappa shape index (κ1) is 14.1. The third-order valence-electron chi connectivity index (χ3n) is 4.20. The molecule has 0 aromatic carbocycles. The van der Waals surface area contributed by atoms with Gasteiger partial charge in [-0.1, -0.05) is 0 Å². The lowest BCUT2D eigenvalue weighted by atomic mass is 10.00. The van der Waals surface area contributed by atoms with E-state index in [4.69, 9.17) is 9.15 Å². The number of furan rings is 1. The lowest BCUT2D eigenvalue weighted by Gasteiger charge is -2.26. The van der Waals surface area contributed by atoms with Gasteiger partial charge in [-0.3, -0.25) is 4.90 Å². The fourth-order valence-electron chi connectivity index (χ4n) is 2.84. The first-order valence-corrected chi connectivity index (χ1v) is 7.87. The van der Waals surface area contributed by atoms with Crippen molar-refractivity contribution in [3.05, 3.63) is 23.7 Å². The molecule has 0 amide bonds. The van der Waals surface area contributed by atoms with Crippen molar-refractivity contribution in [2.45, 2.75) is 44.8 Å². The monoisotopic (exact) mass is 278 g/mol. The molecule has 1 N–H and O–H groups in total. The van der Waals surface area contributed by atoms with Gasteiger partial charge < -0.3 is 14.5 Å². The van der Waals surface area contributed by atoms with Crippen LogP contribution in [0.5, 0.6) is 0 Å². The molecule has 1 aromatic heterocycles. The summed E-state index contributed by atoms with van der Waals surface area (Å²) in [7, 11) is 2.18. The van der Waals surface area contributed by atoms with E-state index < -0.39 is 0 Å². The minimum atomic E-state index is 0.736. The molecule has 1 saturated carbocycles. The third kappa shape index (κ3) is 4.33. The van der Waals surface area contributed by atoms with Crippen LogP contribution in [0.2, 0.25) is 0 Å². The minimum Gasteiger partial charge on any atom is -0.463 e. The zero-order valence-electron chi connectivity index (χ0n) is 12.4. The minimum absolute atomic E-state index is 0.736. The second-order valence-electron chi connectivity index (χ2n) is 6.28. The Bertz CT molecular complexity index is 408. The lowest BCUT2D eigenvalue weighted by Crippen LogP contribution is -2.29. The van der Waals surface area contributed by atoms with Gasteiger partial charge in [0.1, 0.15) is 11.5 Å². The van der Waals surface area contributed by atoms with Crippen LogP contribution in [-0.2, 0) is 17.8 Å². The zero-order valence-corrected chi connectivity index (χ0v) is 12.4. The normalized spacial score (nSPS) is 20.7. The summed E-state index contributed by atoms with van der Waals surface area (Å²) in [5, 5.41) is 3.48. The van der Waals surface area contributed by atoms with Crippen LogP contribution in [-0.4, -0.2) is 37.7 Å². The summed E-state index contributed by atoms with van der Waals surface area (Å²) < 4.78 is 11.3. The fraction of sp³-hybridized carbons (Fsp3) is 0.750. The van der Waals surface area contributed by atoms with Gasteiger partial charge in [-0.25, -0.2) is 0 Å². The standard InChI is InChI=1S/C16H26N2O2/c1-18(11-13-6-8-19-9-7-13)12-16-5-4-15(20-16)10-17-14-2-3-14/h4-5,13-14,17H,2-3,6-12H2,1H3. The van der Waals surface area contributed by atoms with Gasteiger partial charge in [0.15, 0.2) is 0 Å². The molecule has 0 atom stereocenters. The van der Waals surface area contributed by atoms with E-state index in [1.54, 1.807) is 0 Å². The molecule has 2 heterocycles. The third-order valence-corrected chi connectivity index (χ3v) is 4.20. The lowest BCUT2D eigenvalue weighted by molar-refractivity contribution is 0.0542. The molecular formula is C16H26N2O2. The summed E-state index contributed by atoms with van der Waals surface area (Å²) in [4.78, 5) is 2.37. The second kappa shape index (κ2) is 6.74. The first-order chi connectivity index (χ1) is 9.79. The predicted octanol–water partition coefficient (Wildman–Crippen LogP) is 2.39. The molecule has 0 bridgehead atoms. The van der Waals surface area contributed by atoms with Crippen LogP contribution in [0.3, 0.4) is 0 Å². The van der Waals surface area contributed by atoms with Crippen molar-refractivity contribution in [3.8, 4) is 0 Å². The van der Waals surface area contributed by atoms with Crippen LogP contribution in [0.15, 0.2) is 16.5 Å². The Labute approximate surface area is 121 Å². The molecule has 20 heavy (non-hydrogen) atoms. The number of ether oxygens (including phenoxy) is 1. The van der Waals surface area contributed by atoms with Gasteiger partial charge in [0.25, 0.3) is 0 Å². The molecule has 1 aromatic rings. The highest BCUT2D eigenvalue weighted by molar-refractivity contribution is 5.07. The van der Waals surface area contributed by atoms with Crippen molar-refractivity contribution in [2.75, 3.05) is 26.8 Å². The van der Waals surface area contributed by atoms with Crippen LogP contribution >= 0.6 is 0 Å². The smallest absolute Gasteiger partial charge is 0.118 e. The molecule has 1 aliphatic carbocycles. The predicted molar refractivity (Wildman–Crippen MR) is 78.4 cm³/mol. The molecular weight excluding hydrogens is 252 g/mol. The Balaban J connectivity index is 1.41. The van der Waals surface area contributed by atoms with Gasteiger partial charge in [0.2, 0.25) is 0 Å². The Hall–Kier alpha value is -0.840. The maximum Gasteiger partial charge on any atom is 0.118 e. The molecule has 0 radical (unpaired) electrons. The summed E-state index contributed by atoms with van der Waals surface area (Å²) in [6, 6.07) is 4.96. The molecule has 1 saturated heterocycles. The van der Waals surface area contributed by atoms with Crippen LogP contribution in [0.4, 0.5) is 0 Å². The highest BCUT2D eigenvalue weighted by Gasteiger charge is 2.20. The van der Waals surface area contributed by atoms with Crippen LogP contribution in [0, 0.1) is 5.92 Å². The molecule has 1 aliphatic heterocycles. The summed E-state index contributed by atoms with van der Waals surface area (Å²) >= 11 is 0. The summed E-state index contributed by atoms with van der Waals surface area (Å²) in [6.45, 7) is 4.77. The molecule has 4 heteroatoms. The topological polar surface area (TPSA) is 37.6 Å². The van der Waals surface area contributed by atoms with Crippen molar-refractivity contribution >= 4 is 0 Å². The number of nitrogens with one attached hydrogen (secondary N) is 1. The molecule has 3 rings (SSSR count). The largest absolute Gasteiger partial charge is 0.463 e. The van der Waals surface area contributed by atoms with Crippen molar-refractivity contribution in [1.29, 1.82) is 0 Å². The quantitative estimate of drug-likeness (QED) is 0.831. The first-order valence-electron chi connectivity index (χ1n) is 7.87. The van der Waals surface area contributed by atoms with Crippen molar-refractivity contribution in [2.24, 2.45) is 5.92 Å². The van der Waals surface area contributed by atoms with Gasteiger partial charge in [-0.05, 0) is 50.8 Å². The van der Waals surface area contributed by atoms with E-state index in [0.717, 1.165) is 56.3 Å². The van der Waals surface area contributed by atoms with Crippen molar-refractivity contribution in [3.63, 3.8) is 0 Å². The molecule has 0 unspecified atom stereocenters. The number of nitrogens with zero attached hydrogens (tertiary/aromatic N) is 1. The van der Waals surface area contributed by atoms with E-state index >= 15 is 0 Å². The number of rotatable bonds is 7. The highest BCUT2D eigenvalue weighted by atomic mass is 16.5. The molecule has 4 nitrogen and oxygen atoms in total. The van der Waals surface area contributed by atoms with E-state index in [-0.39, 0.29) is 0 Å². The van der Waals surface area contributed by atoms with Crippen LogP contribution in [0.1, 0.15) is 37.2 Å². The van der Waals surface area contributed by atoms with Gasteiger partial charge in [0, 0.05) is 25.8 Å². The van der Waals surface area contributed by atoms with Crippen molar-refractivity contribution < 1.29 is 9.15 Å². The van der Waals surface area contributed by atoms with E-state index in [9.17, 15) is 0 Å². The van der Waals surface area contributed by atoms with Gasteiger partial charge in [0.05, 0.1) is 13.1 Å². The second-order valence-corrected chi connectivity index (χ2v) is 6.28. The molecule has 2 aliphatic rings. The summed E-state index contributed by atoms with van der Waals surface area (Å²) in [6.07, 6.45) is 5.03. The maximum absolute atomic E-state index is 5.89. The van der Waals surface area contributed by atoms with Gasteiger partial charge >= 0.3 is 0 Å². The molecule has 112 valence electrons. The Morgan fingerprint density at radius 2 is 1.90 bits per heavy atom. The van der Waals surface area contributed by atoms with E-state index in [2.05, 4.69) is 29.4 Å². The zero-order chi connectivity index (χ0) is 13.8. The van der Waals surface area contributed by atoms with Crippen LogP contribution < -0.4 is 5.32 Å². The van der Waals surface area contributed by atoms with E-state index in [0.29, 0.717) is 0 Å². The van der Waals surface area contributed by atoms with Gasteiger partial charge in [-0.15, -0.1) is 0 Å². The van der Waals surface area contributed by atoms with E-state index in [1.807, 2.05) is 0 Å². The highest BCUT2D eigenvalue weighted by Crippen LogP contribution is 2.20. The van der Waals surface area contributed by atoms with Gasteiger partial charge in [-0.2, -0.15) is 0 Å². The maximum atomic E-state index is 5.89. The Morgan fingerprint density at radius 3 is 2.65 bits per heavy atom. The van der Waals surface area contributed by atoms with Crippen molar-refractivity contribution in [1.82, 2.24) is 10.2 Å². The SMILES string of the molecule is CN(Cc1ccc(CNC2CC2)o1)CC1CCOCC1. The fourth-order valence-corrected chi connectivity index (χ4v) is 2.84. The van der Waals surface area contributed by atoms with Crippen LogP contribution in [0.25, 0.3) is 0 Å². The summed E-state index contributed by atoms with van der Waals surface area (Å²) in [5.41, 5.74) is 0. The Kier molecular flexibility index (Phi) is 4.76. The summed E-state index contributed by atoms with van der Waals surface area (Å²) in [5.74, 6) is 2.92. The van der Waals surface area contributed by atoms with E-state index in [1.165, 1.54) is 25.7 Å². The average Bonchev–Trinajstić information content (AvgIpc) is 3.18. The average molecular weight is 278 g/mol.